The fourth-order valence-electron chi connectivity index (χ4n) is 4.00. The SMILES string of the molecule is C[S+]([O-])c1cc2nn(C3CCC(C=O)CC3)cc2cc1NC(=O)c1cccc(C(F)(F)F)n1. The molecule has 0 aliphatic heterocycles. The molecule has 3 aromatic rings. The second kappa shape index (κ2) is 9.14. The lowest BCUT2D eigenvalue weighted by molar-refractivity contribution is -0.141. The molecule has 1 saturated carbocycles. The van der Waals surface area contributed by atoms with E-state index in [1.807, 2.05) is 10.9 Å². The third-order valence-electron chi connectivity index (χ3n) is 5.76. The monoisotopic (exact) mass is 478 g/mol. The van der Waals surface area contributed by atoms with Crippen LogP contribution in [0.3, 0.4) is 0 Å². The van der Waals surface area contributed by atoms with E-state index in [4.69, 9.17) is 0 Å². The molecule has 33 heavy (non-hydrogen) atoms. The van der Waals surface area contributed by atoms with Crippen molar-refractivity contribution in [3.05, 3.63) is 47.9 Å². The van der Waals surface area contributed by atoms with Gasteiger partial charge < -0.3 is 14.7 Å². The number of nitrogens with one attached hydrogen (secondary N) is 1. The number of benzene rings is 1. The van der Waals surface area contributed by atoms with Gasteiger partial charge in [-0.15, -0.1) is 0 Å². The summed E-state index contributed by atoms with van der Waals surface area (Å²) in [6, 6.07) is 6.42. The van der Waals surface area contributed by atoms with E-state index >= 15 is 0 Å². The first kappa shape index (κ1) is 23.2. The lowest BCUT2D eigenvalue weighted by atomic mass is 9.87. The van der Waals surface area contributed by atoms with Crippen molar-refractivity contribution in [1.82, 2.24) is 14.8 Å². The number of fused-ring (bicyclic) bond motifs is 1. The maximum Gasteiger partial charge on any atom is 0.433 e. The molecule has 11 heteroatoms. The van der Waals surface area contributed by atoms with E-state index in [2.05, 4.69) is 15.4 Å². The van der Waals surface area contributed by atoms with Gasteiger partial charge in [0.2, 0.25) is 0 Å². The summed E-state index contributed by atoms with van der Waals surface area (Å²) in [7, 11) is 0. The summed E-state index contributed by atoms with van der Waals surface area (Å²) in [5.74, 6) is -0.765. The highest BCUT2D eigenvalue weighted by Crippen LogP contribution is 2.34. The summed E-state index contributed by atoms with van der Waals surface area (Å²) in [5.41, 5.74) is -0.763. The quantitative estimate of drug-likeness (QED) is 0.434. The Kier molecular flexibility index (Phi) is 6.44. The van der Waals surface area contributed by atoms with Crippen molar-refractivity contribution in [1.29, 1.82) is 0 Å². The summed E-state index contributed by atoms with van der Waals surface area (Å²) in [6.45, 7) is 0. The number of carbonyl (C=O) groups is 2. The van der Waals surface area contributed by atoms with Crippen molar-refractivity contribution < 1.29 is 27.3 Å². The second-order valence-electron chi connectivity index (χ2n) is 8.04. The van der Waals surface area contributed by atoms with Crippen LogP contribution in [0.2, 0.25) is 0 Å². The van der Waals surface area contributed by atoms with Gasteiger partial charge in [-0.3, -0.25) is 9.48 Å². The van der Waals surface area contributed by atoms with Crippen LogP contribution in [0.25, 0.3) is 10.9 Å². The van der Waals surface area contributed by atoms with Gasteiger partial charge >= 0.3 is 6.18 Å². The molecular weight excluding hydrogens is 457 g/mol. The van der Waals surface area contributed by atoms with E-state index in [0.717, 1.165) is 44.1 Å². The molecular formula is C22H21F3N4O3S. The van der Waals surface area contributed by atoms with E-state index in [1.54, 1.807) is 12.1 Å². The molecule has 7 nitrogen and oxygen atoms in total. The first-order valence-corrected chi connectivity index (χ1v) is 11.9. The van der Waals surface area contributed by atoms with Crippen LogP contribution in [0.15, 0.2) is 41.4 Å². The standard InChI is InChI=1S/C22H21F3N4O3S/c1-33(32)19-10-17-14(11-29(28-17)15-7-5-13(12-30)6-8-15)9-18(19)27-21(31)16-3-2-4-20(26-16)22(23,24)25/h2-4,9-13,15H,5-8H2,1H3,(H,27,31). The van der Waals surface area contributed by atoms with E-state index in [-0.39, 0.29) is 17.6 Å². The predicted molar refractivity (Wildman–Crippen MR) is 116 cm³/mol. The maximum absolute atomic E-state index is 12.9. The minimum Gasteiger partial charge on any atom is -0.612 e. The van der Waals surface area contributed by atoms with Crippen LogP contribution in [0.4, 0.5) is 18.9 Å². The molecule has 1 N–H and O–H groups in total. The molecule has 0 radical (unpaired) electrons. The van der Waals surface area contributed by atoms with Crippen molar-refractivity contribution in [2.75, 3.05) is 11.6 Å². The number of halogens is 3. The van der Waals surface area contributed by atoms with Gasteiger partial charge in [0.1, 0.15) is 23.9 Å². The number of amides is 1. The number of alkyl halides is 3. The van der Waals surface area contributed by atoms with Crippen molar-refractivity contribution in [3.63, 3.8) is 0 Å². The Balaban J connectivity index is 1.62. The van der Waals surface area contributed by atoms with Crippen LogP contribution in [0, 0.1) is 5.92 Å². The second-order valence-corrected chi connectivity index (χ2v) is 9.38. The van der Waals surface area contributed by atoms with Crippen molar-refractivity contribution >= 4 is 40.0 Å². The molecule has 1 atom stereocenters. The number of aldehydes is 1. The Bertz CT molecular complexity index is 1190. The number of nitrogens with zero attached hydrogens (tertiary/aromatic N) is 3. The number of aromatic nitrogens is 3. The van der Waals surface area contributed by atoms with E-state index < -0.39 is 34.6 Å². The molecule has 1 aliphatic rings. The van der Waals surface area contributed by atoms with Crippen LogP contribution >= 0.6 is 0 Å². The highest BCUT2D eigenvalue weighted by atomic mass is 32.2. The van der Waals surface area contributed by atoms with Crippen LogP contribution in [0.5, 0.6) is 0 Å². The summed E-state index contributed by atoms with van der Waals surface area (Å²) in [4.78, 5) is 27.3. The van der Waals surface area contributed by atoms with E-state index in [1.165, 1.54) is 12.3 Å². The Labute approximate surface area is 190 Å². The third kappa shape index (κ3) is 5.03. The van der Waals surface area contributed by atoms with Crippen LogP contribution in [-0.4, -0.2) is 37.8 Å². The molecule has 1 amide bonds. The molecule has 0 spiro atoms. The third-order valence-corrected chi connectivity index (χ3v) is 6.72. The van der Waals surface area contributed by atoms with Gasteiger partial charge in [0, 0.05) is 23.6 Å². The molecule has 0 bridgehead atoms. The lowest BCUT2D eigenvalue weighted by Gasteiger charge is -2.25. The number of hydrogen-bond acceptors (Lipinski definition) is 5. The molecule has 174 valence electrons. The minimum absolute atomic E-state index is 0.0756. The topological polar surface area (TPSA) is 99.9 Å². The van der Waals surface area contributed by atoms with Gasteiger partial charge in [0.25, 0.3) is 5.91 Å². The van der Waals surface area contributed by atoms with Crippen LogP contribution < -0.4 is 5.32 Å². The normalized spacial score (nSPS) is 19.9. The maximum atomic E-state index is 12.9. The summed E-state index contributed by atoms with van der Waals surface area (Å²) in [5, 5.41) is 7.82. The van der Waals surface area contributed by atoms with Crippen molar-refractivity contribution in [2.24, 2.45) is 5.92 Å². The van der Waals surface area contributed by atoms with Gasteiger partial charge in [-0.05, 0) is 55.1 Å². The highest BCUT2D eigenvalue weighted by Gasteiger charge is 2.33. The molecule has 1 aromatic carbocycles. The number of carbonyl (C=O) groups excluding carboxylic acids is 2. The molecule has 1 fully saturated rings. The minimum atomic E-state index is -4.68. The van der Waals surface area contributed by atoms with E-state index in [0.29, 0.717) is 15.8 Å². The summed E-state index contributed by atoms with van der Waals surface area (Å²) in [6.07, 6.45) is 2.79. The highest BCUT2D eigenvalue weighted by molar-refractivity contribution is 7.90. The number of hydrogen-bond donors (Lipinski definition) is 1. The zero-order valence-electron chi connectivity index (χ0n) is 17.6. The number of rotatable bonds is 5. The number of pyridine rings is 1. The molecule has 1 unspecified atom stereocenters. The molecule has 2 aromatic heterocycles. The smallest absolute Gasteiger partial charge is 0.433 e. The summed E-state index contributed by atoms with van der Waals surface area (Å²) >= 11 is -1.49. The predicted octanol–water partition coefficient (Wildman–Crippen LogP) is 4.37. The van der Waals surface area contributed by atoms with Crippen molar-refractivity contribution in [2.45, 2.75) is 42.8 Å². The Morgan fingerprint density at radius 1 is 1.24 bits per heavy atom. The van der Waals surface area contributed by atoms with E-state index in [9.17, 15) is 27.3 Å². The van der Waals surface area contributed by atoms with Crippen molar-refractivity contribution in [3.8, 4) is 0 Å². The first-order valence-electron chi connectivity index (χ1n) is 10.3. The number of anilines is 1. The Hall–Kier alpha value is -2.92. The average molecular weight is 478 g/mol. The lowest BCUT2D eigenvalue weighted by Crippen LogP contribution is -2.19. The van der Waals surface area contributed by atoms with Gasteiger partial charge in [-0.25, -0.2) is 4.98 Å². The first-order chi connectivity index (χ1) is 15.7. The van der Waals surface area contributed by atoms with Gasteiger partial charge in [-0.2, -0.15) is 18.3 Å². The summed E-state index contributed by atoms with van der Waals surface area (Å²) < 4.78 is 53.0. The van der Waals surface area contributed by atoms with Gasteiger partial charge in [0.15, 0.2) is 4.90 Å². The molecule has 4 rings (SSSR count). The zero-order chi connectivity index (χ0) is 23.8. The molecule has 1 aliphatic carbocycles. The van der Waals surface area contributed by atoms with Crippen LogP contribution in [0.1, 0.15) is 47.9 Å². The zero-order valence-corrected chi connectivity index (χ0v) is 18.4. The van der Waals surface area contributed by atoms with Gasteiger partial charge in [-0.1, -0.05) is 6.07 Å². The largest absolute Gasteiger partial charge is 0.612 e. The average Bonchev–Trinajstić information content (AvgIpc) is 3.21. The fraction of sp³-hybridized carbons (Fsp3) is 0.364. The molecule has 2 heterocycles. The Morgan fingerprint density at radius 3 is 2.61 bits per heavy atom. The van der Waals surface area contributed by atoms with Crippen LogP contribution in [-0.2, 0) is 22.1 Å². The fourth-order valence-corrected chi connectivity index (χ4v) is 4.70. The van der Waals surface area contributed by atoms with Gasteiger partial charge in [0.05, 0.1) is 17.2 Å². The molecule has 0 saturated heterocycles. The Morgan fingerprint density at radius 2 is 1.97 bits per heavy atom.